The van der Waals surface area contributed by atoms with E-state index in [9.17, 15) is 10.1 Å². The number of rotatable bonds is 6. The Bertz CT molecular complexity index is 691. The average Bonchev–Trinajstić information content (AvgIpc) is 3.17. The molecular formula is C15H17ClN4O3. The van der Waals surface area contributed by atoms with E-state index in [1.165, 1.54) is 12.4 Å². The van der Waals surface area contributed by atoms with Crippen LogP contribution in [-0.2, 0) is 6.54 Å². The van der Waals surface area contributed by atoms with Crippen molar-refractivity contribution in [2.75, 3.05) is 19.6 Å². The molecular weight excluding hydrogens is 320 g/mol. The second-order valence-electron chi connectivity index (χ2n) is 5.48. The highest BCUT2D eigenvalue weighted by molar-refractivity contribution is 6.32. The van der Waals surface area contributed by atoms with E-state index in [0.29, 0.717) is 17.3 Å². The van der Waals surface area contributed by atoms with Gasteiger partial charge < -0.3 is 4.74 Å². The van der Waals surface area contributed by atoms with Crippen LogP contribution in [0.25, 0.3) is 0 Å². The van der Waals surface area contributed by atoms with Crippen LogP contribution >= 0.6 is 11.6 Å². The molecule has 0 unspecified atom stereocenters. The molecule has 0 spiro atoms. The van der Waals surface area contributed by atoms with Crippen LogP contribution in [0.5, 0.6) is 5.75 Å². The number of benzene rings is 1. The van der Waals surface area contributed by atoms with Crippen molar-refractivity contribution in [3.8, 4) is 5.75 Å². The lowest BCUT2D eigenvalue weighted by molar-refractivity contribution is -0.385. The number of nitro groups is 1. The molecule has 0 saturated carbocycles. The van der Waals surface area contributed by atoms with Crippen molar-refractivity contribution in [1.29, 1.82) is 0 Å². The Labute approximate surface area is 138 Å². The molecule has 122 valence electrons. The van der Waals surface area contributed by atoms with E-state index in [-0.39, 0.29) is 11.8 Å². The van der Waals surface area contributed by atoms with E-state index >= 15 is 0 Å². The first-order chi connectivity index (χ1) is 11.1. The molecule has 1 atom stereocenters. The Kier molecular flexibility index (Phi) is 4.78. The first kappa shape index (κ1) is 15.8. The van der Waals surface area contributed by atoms with Gasteiger partial charge in [0.2, 0.25) is 0 Å². The SMILES string of the molecule is O=[N+]([O-])c1cnn(CCN2CC[C@@H](Oc3ccccc3Cl)C2)c1. The van der Waals surface area contributed by atoms with Crippen molar-refractivity contribution in [3.63, 3.8) is 0 Å². The number of ether oxygens (including phenoxy) is 1. The van der Waals surface area contributed by atoms with Crippen LogP contribution in [0.15, 0.2) is 36.7 Å². The summed E-state index contributed by atoms with van der Waals surface area (Å²) in [7, 11) is 0. The van der Waals surface area contributed by atoms with E-state index < -0.39 is 4.92 Å². The molecule has 1 aromatic carbocycles. The molecule has 7 nitrogen and oxygen atoms in total. The molecule has 2 aromatic rings. The molecule has 1 aliphatic heterocycles. The monoisotopic (exact) mass is 336 g/mol. The first-order valence-electron chi connectivity index (χ1n) is 7.42. The third-order valence-corrected chi connectivity index (χ3v) is 4.15. The van der Waals surface area contributed by atoms with E-state index in [1.54, 1.807) is 4.68 Å². The predicted molar refractivity (Wildman–Crippen MR) is 85.8 cm³/mol. The van der Waals surface area contributed by atoms with Crippen molar-refractivity contribution in [3.05, 3.63) is 51.8 Å². The van der Waals surface area contributed by atoms with Gasteiger partial charge in [0, 0.05) is 19.6 Å². The lowest BCUT2D eigenvalue weighted by atomic mass is 10.3. The average molecular weight is 337 g/mol. The molecule has 3 rings (SSSR count). The van der Waals surface area contributed by atoms with E-state index in [1.807, 2.05) is 24.3 Å². The minimum atomic E-state index is -0.438. The zero-order valence-electron chi connectivity index (χ0n) is 12.5. The fourth-order valence-electron chi connectivity index (χ4n) is 2.63. The molecule has 0 aliphatic carbocycles. The second-order valence-corrected chi connectivity index (χ2v) is 5.89. The number of hydrogen-bond donors (Lipinski definition) is 0. The van der Waals surface area contributed by atoms with Crippen molar-refractivity contribution >= 4 is 17.3 Å². The zero-order valence-corrected chi connectivity index (χ0v) is 13.2. The summed E-state index contributed by atoms with van der Waals surface area (Å²) >= 11 is 6.10. The summed E-state index contributed by atoms with van der Waals surface area (Å²) in [5.41, 5.74) is 0.0198. The van der Waals surface area contributed by atoms with E-state index in [0.717, 1.165) is 26.1 Å². The summed E-state index contributed by atoms with van der Waals surface area (Å²) in [4.78, 5) is 12.5. The fraction of sp³-hybridized carbons (Fsp3) is 0.400. The maximum absolute atomic E-state index is 10.6. The third kappa shape index (κ3) is 4.00. The lowest BCUT2D eigenvalue weighted by Gasteiger charge is -2.17. The zero-order chi connectivity index (χ0) is 16.2. The van der Waals surface area contributed by atoms with Crippen molar-refractivity contribution in [1.82, 2.24) is 14.7 Å². The summed E-state index contributed by atoms with van der Waals surface area (Å²) in [6.45, 7) is 3.14. The molecule has 23 heavy (non-hydrogen) atoms. The van der Waals surface area contributed by atoms with Crippen LogP contribution < -0.4 is 4.74 Å². The van der Waals surface area contributed by atoms with Crippen LogP contribution in [-0.4, -0.2) is 45.3 Å². The molecule has 0 radical (unpaired) electrons. The smallest absolute Gasteiger partial charge is 0.306 e. The normalized spacial score (nSPS) is 18.2. The first-order valence-corrected chi connectivity index (χ1v) is 7.80. The number of aromatic nitrogens is 2. The Morgan fingerprint density at radius 1 is 1.39 bits per heavy atom. The van der Waals surface area contributed by atoms with Gasteiger partial charge in [-0.3, -0.25) is 19.7 Å². The van der Waals surface area contributed by atoms with Crippen LogP contribution in [0.4, 0.5) is 5.69 Å². The standard InChI is InChI=1S/C15H17ClN4O3/c16-14-3-1-2-4-15(14)23-13-5-6-18(11-13)7-8-19-10-12(9-17-19)20(21)22/h1-4,9-10,13H,5-8,11H2/t13-/m1/s1. The highest BCUT2D eigenvalue weighted by Crippen LogP contribution is 2.26. The Morgan fingerprint density at radius 2 is 2.22 bits per heavy atom. The summed E-state index contributed by atoms with van der Waals surface area (Å²) in [5, 5.41) is 15.2. The maximum atomic E-state index is 10.6. The molecule has 8 heteroatoms. The summed E-state index contributed by atoms with van der Waals surface area (Å²) in [6.07, 6.45) is 3.77. The van der Waals surface area contributed by atoms with Crippen molar-refractivity contribution in [2.24, 2.45) is 0 Å². The lowest BCUT2D eigenvalue weighted by Crippen LogP contribution is -2.28. The molecule has 1 aliphatic rings. The highest BCUT2D eigenvalue weighted by atomic mass is 35.5. The van der Waals surface area contributed by atoms with Crippen LogP contribution in [0, 0.1) is 10.1 Å². The number of likely N-dealkylation sites (tertiary alicyclic amines) is 1. The van der Waals surface area contributed by atoms with Crippen LogP contribution in [0.3, 0.4) is 0 Å². The van der Waals surface area contributed by atoms with Crippen LogP contribution in [0.1, 0.15) is 6.42 Å². The van der Waals surface area contributed by atoms with Crippen LogP contribution in [0.2, 0.25) is 5.02 Å². The molecule has 1 aromatic heterocycles. The number of hydrogen-bond acceptors (Lipinski definition) is 5. The fourth-order valence-corrected chi connectivity index (χ4v) is 2.81. The summed E-state index contributed by atoms with van der Waals surface area (Å²) in [5.74, 6) is 0.712. The minimum Gasteiger partial charge on any atom is -0.487 e. The van der Waals surface area contributed by atoms with E-state index in [2.05, 4.69) is 10.00 Å². The quantitative estimate of drug-likeness (QED) is 0.599. The number of halogens is 1. The topological polar surface area (TPSA) is 73.4 Å². The highest BCUT2D eigenvalue weighted by Gasteiger charge is 2.24. The van der Waals surface area contributed by atoms with Gasteiger partial charge in [-0.2, -0.15) is 5.10 Å². The van der Waals surface area contributed by atoms with Gasteiger partial charge in [-0.25, -0.2) is 0 Å². The van der Waals surface area contributed by atoms with E-state index in [4.69, 9.17) is 16.3 Å². The minimum absolute atomic E-state index is 0.0198. The van der Waals surface area contributed by atoms with Gasteiger partial charge in [0.25, 0.3) is 0 Å². The number of para-hydroxylation sites is 1. The third-order valence-electron chi connectivity index (χ3n) is 3.84. The Balaban J connectivity index is 1.48. The molecule has 0 N–H and O–H groups in total. The Hall–Kier alpha value is -2.12. The second kappa shape index (κ2) is 6.97. The van der Waals surface area contributed by atoms with Gasteiger partial charge in [-0.05, 0) is 18.6 Å². The van der Waals surface area contributed by atoms with Crippen molar-refractivity contribution in [2.45, 2.75) is 19.1 Å². The molecule has 0 amide bonds. The van der Waals surface area contributed by atoms with Gasteiger partial charge in [0.1, 0.15) is 24.2 Å². The molecule has 1 fully saturated rings. The van der Waals surface area contributed by atoms with Gasteiger partial charge in [-0.1, -0.05) is 23.7 Å². The molecule has 1 saturated heterocycles. The van der Waals surface area contributed by atoms with Gasteiger partial charge in [0.05, 0.1) is 16.5 Å². The summed E-state index contributed by atoms with van der Waals surface area (Å²) < 4.78 is 7.54. The molecule has 2 heterocycles. The maximum Gasteiger partial charge on any atom is 0.306 e. The predicted octanol–water partition coefficient (Wildman–Crippen LogP) is 2.60. The summed E-state index contributed by atoms with van der Waals surface area (Å²) in [6, 6.07) is 7.46. The van der Waals surface area contributed by atoms with Gasteiger partial charge in [0.15, 0.2) is 0 Å². The van der Waals surface area contributed by atoms with Gasteiger partial charge in [-0.15, -0.1) is 0 Å². The van der Waals surface area contributed by atoms with Crippen molar-refractivity contribution < 1.29 is 9.66 Å². The molecule has 0 bridgehead atoms. The largest absolute Gasteiger partial charge is 0.487 e. The Morgan fingerprint density at radius 3 is 2.96 bits per heavy atom. The number of nitrogens with zero attached hydrogens (tertiary/aromatic N) is 4. The van der Waals surface area contributed by atoms with Gasteiger partial charge >= 0.3 is 5.69 Å².